The first-order chi connectivity index (χ1) is 12.2. The van der Waals surface area contributed by atoms with Crippen LogP contribution in [0.25, 0.3) is 5.69 Å². The highest BCUT2D eigenvalue weighted by molar-refractivity contribution is 6.35. The molecule has 4 nitrogen and oxygen atoms in total. The molecule has 0 saturated heterocycles. The summed E-state index contributed by atoms with van der Waals surface area (Å²) < 4.78 is 7.36. The quantitative estimate of drug-likeness (QED) is 0.717. The van der Waals surface area contributed by atoms with Gasteiger partial charge in [0, 0.05) is 29.1 Å². The summed E-state index contributed by atoms with van der Waals surface area (Å²) in [6, 6.07) is 13.5. The summed E-state index contributed by atoms with van der Waals surface area (Å²) in [7, 11) is 1.69. The second-order valence-electron chi connectivity index (χ2n) is 5.95. The summed E-state index contributed by atoms with van der Waals surface area (Å²) >= 11 is 12.4. The average molecular weight is 374 g/mol. The van der Waals surface area contributed by atoms with E-state index in [1.54, 1.807) is 13.2 Å². The van der Waals surface area contributed by atoms with Crippen molar-refractivity contribution in [2.45, 2.75) is 12.8 Å². The van der Waals surface area contributed by atoms with Crippen LogP contribution >= 0.6 is 23.2 Å². The normalized spacial score (nSPS) is 12.8. The Morgan fingerprint density at radius 1 is 1.20 bits per heavy atom. The second-order valence-corrected chi connectivity index (χ2v) is 6.79. The van der Waals surface area contributed by atoms with E-state index >= 15 is 0 Å². The third kappa shape index (κ3) is 2.96. The standard InChI is InChI=1S/C19H17Cl2N3O/c1-25-18-5-3-2-4-12(18)10-16-14-8-9-22-19(14)24(23-16)17-7-6-13(20)11-15(17)21/h2-7,11,22H,8-10H2,1H3. The van der Waals surface area contributed by atoms with E-state index in [2.05, 4.69) is 11.4 Å². The van der Waals surface area contributed by atoms with E-state index in [-0.39, 0.29) is 0 Å². The predicted octanol–water partition coefficient (Wildman–Crippen LogP) is 4.75. The topological polar surface area (TPSA) is 39.1 Å². The number of halogens is 2. The Bertz CT molecular complexity index is 936. The molecule has 128 valence electrons. The molecule has 0 spiro atoms. The van der Waals surface area contributed by atoms with E-state index in [1.165, 1.54) is 5.56 Å². The van der Waals surface area contributed by atoms with E-state index in [1.807, 2.05) is 35.0 Å². The number of fused-ring (bicyclic) bond motifs is 1. The van der Waals surface area contributed by atoms with Gasteiger partial charge in [0.05, 0.1) is 23.5 Å². The van der Waals surface area contributed by atoms with Crippen LogP contribution in [0.15, 0.2) is 42.5 Å². The van der Waals surface area contributed by atoms with Crippen LogP contribution in [0.5, 0.6) is 5.75 Å². The summed E-state index contributed by atoms with van der Waals surface area (Å²) in [5.74, 6) is 1.88. The van der Waals surface area contributed by atoms with Crippen LogP contribution in [-0.2, 0) is 12.8 Å². The largest absolute Gasteiger partial charge is 0.496 e. The fourth-order valence-electron chi connectivity index (χ4n) is 3.24. The van der Waals surface area contributed by atoms with E-state index in [4.69, 9.17) is 33.0 Å². The number of aromatic nitrogens is 2. The molecule has 2 aromatic carbocycles. The summed E-state index contributed by atoms with van der Waals surface area (Å²) in [6.45, 7) is 0.900. The number of nitrogens with one attached hydrogen (secondary N) is 1. The van der Waals surface area contributed by atoms with Gasteiger partial charge in [-0.05, 0) is 30.7 Å². The molecule has 6 heteroatoms. The van der Waals surface area contributed by atoms with E-state index in [9.17, 15) is 0 Å². The van der Waals surface area contributed by atoms with Gasteiger partial charge in [-0.2, -0.15) is 5.10 Å². The molecule has 1 N–H and O–H groups in total. The highest BCUT2D eigenvalue weighted by Crippen LogP contribution is 2.34. The van der Waals surface area contributed by atoms with Crippen LogP contribution in [0.4, 0.5) is 5.82 Å². The van der Waals surface area contributed by atoms with E-state index in [0.29, 0.717) is 16.5 Å². The van der Waals surface area contributed by atoms with Crippen molar-refractivity contribution < 1.29 is 4.74 Å². The van der Waals surface area contributed by atoms with Crippen molar-refractivity contribution in [1.29, 1.82) is 0 Å². The molecule has 3 aromatic rings. The summed E-state index contributed by atoms with van der Waals surface area (Å²) in [5.41, 5.74) is 4.21. The Labute approximate surface area is 156 Å². The van der Waals surface area contributed by atoms with Crippen LogP contribution in [0.3, 0.4) is 0 Å². The zero-order valence-corrected chi connectivity index (χ0v) is 15.2. The molecule has 0 fully saturated rings. The van der Waals surface area contributed by atoms with Crippen molar-refractivity contribution in [2.75, 3.05) is 19.0 Å². The van der Waals surface area contributed by atoms with Gasteiger partial charge in [-0.15, -0.1) is 0 Å². The molecule has 0 amide bonds. The van der Waals surface area contributed by atoms with Crippen molar-refractivity contribution >= 4 is 29.0 Å². The lowest BCUT2D eigenvalue weighted by atomic mass is 10.0. The number of nitrogens with zero attached hydrogens (tertiary/aromatic N) is 2. The Balaban J connectivity index is 1.78. The number of para-hydroxylation sites is 1. The fraction of sp³-hybridized carbons (Fsp3) is 0.211. The zero-order chi connectivity index (χ0) is 17.4. The predicted molar refractivity (Wildman–Crippen MR) is 102 cm³/mol. The van der Waals surface area contributed by atoms with Crippen molar-refractivity contribution in [3.63, 3.8) is 0 Å². The van der Waals surface area contributed by atoms with Crippen molar-refractivity contribution in [1.82, 2.24) is 9.78 Å². The maximum absolute atomic E-state index is 6.39. The number of methoxy groups -OCH3 is 1. The molecule has 1 aromatic heterocycles. The SMILES string of the molecule is COc1ccccc1Cc1nn(-c2ccc(Cl)cc2Cl)c2c1CCN2. The molecule has 1 aliphatic heterocycles. The number of hydrogen-bond donors (Lipinski definition) is 1. The Kier molecular flexibility index (Phi) is 4.32. The molecule has 0 atom stereocenters. The zero-order valence-electron chi connectivity index (χ0n) is 13.7. The van der Waals surface area contributed by atoms with Crippen molar-refractivity contribution in [3.8, 4) is 11.4 Å². The summed E-state index contributed by atoms with van der Waals surface area (Å²) in [5, 5.41) is 9.45. The van der Waals surface area contributed by atoms with Gasteiger partial charge < -0.3 is 10.1 Å². The van der Waals surface area contributed by atoms with Gasteiger partial charge >= 0.3 is 0 Å². The lowest BCUT2D eigenvalue weighted by Gasteiger charge is -2.09. The van der Waals surface area contributed by atoms with Crippen LogP contribution in [0, 0.1) is 0 Å². The molecule has 0 radical (unpaired) electrons. The summed E-state index contributed by atoms with van der Waals surface area (Å²) in [4.78, 5) is 0. The number of hydrogen-bond acceptors (Lipinski definition) is 3. The first kappa shape index (κ1) is 16.3. The summed E-state index contributed by atoms with van der Waals surface area (Å²) in [6.07, 6.45) is 1.66. The molecular formula is C19H17Cl2N3O. The third-order valence-electron chi connectivity index (χ3n) is 4.42. The van der Waals surface area contributed by atoms with Crippen LogP contribution in [0.2, 0.25) is 10.0 Å². The van der Waals surface area contributed by atoms with E-state index in [0.717, 1.165) is 41.5 Å². The molecule has 2 heterocycles. The van der Waals surface area contributed by atoms with Gasteiger partial charge in [0.1, 0.15) is 11.6 Å². The average Bonchev–Trinajstić information content (AvgIpc) is 3.20. The van der Waals surface area contributed by atoms with E-state index < -0.39 is 0 Å². The Morgan fingerprint density at radius 2 is 2.04 bits per heavy atom. The minimum atomic E-state index is 0.579. The maximum Gasteiger partial charge on any atom is 0.133 e. The first-order valence-corrected chi connectivity index (χ1v) is 8.85. The lowest BCUT2D eigenvalue weighted by molar-refractivity contribution is 0.410. The van der Waals surface area contributed by atoms with Gasteiger partial charge in [0.2, 0.25) is 0 Å². The smallest absolute Gasteiger partial charge is 0.133 e. The van der Waals surface area contributed by atoms with Crippen molar-refractivity contribution in [2.24, 2.45) is 0 Å². The maximum atomic E-state index is 6.39. The van der Waals surface area contributed by atoms with Crippen LogP contribution < -0.4 is 10.1 Å². The molecule has 4 rings (SSSR count). The number of rotatable bonds is 4. The second kappa shape index (κ2) is 6.62. The number of ether oxygens (including phenoxy) is 1. The van der Waals surface area contributed by atoms with Gasteiger partial charge in [0.15, 0.2) is 0 Å². The highest BCUT2D eigenvalue weighted by atomic mass is 35.5. The first-order valence-electron chi connectivity index (χ1n) is 8.09. The fourth-order valence-corrected chi connectivity index (χ4v) is 3.73. The number of benzene rings is 2. The molecule has 1 aliphatic rings. The molecule has 25 heavy (non-hydrogen) atoms. The molecule has 0 aliphatic carbocycles. The van der Waals surface area contributed by atoms with Crippen molar-refractivity contribution in [3.05, 3.63) is 69.3 Å². The number of anilines is 1. The molecule has 0 bridgehead atoms. The minimum absolute atomic E-state index is 0.579. The molecule has 0 saturated carbocycles. The van der Waals surface area contributed by atoms with Gasteiger partial charge in [-0.1, -0.05) is 41.4 Å². The van der Waals surface area contributed by atoms with Gasteiger partial charge in [0.25, 0.3) is 0 Å². The monoisotopic (exact) mass is 373 g/mol. The highest BCUT2D eigenvalue weighted by Gasteiger charge is 2.24. The Hall–Kier alpha value is -2.17. The van der Waals surface area contributed by atoms with Crippen LogP contribution in [-0.4, -0.2) is 23.4 Å². The molecule has 0 unspecified atom stereocenters. The van der Waals surface area contributed by atoms with Gasteiger partial charge in [-0.25, -0.2) is 4.68 Å². The lowest BCUT2D eigenvalue weighted by Crippen LogP contribution is -2.06. The third-order valence-corrected chi connectivity index (χ3v) is 4.96. The molecular weight excluding hydrogens is 357 g/mol. The van der Waals surface area contributed by atoms with Gasteiger partial charge in [-0.3, -0.25) is 0 Å². The Morgan fingerprint density at radius 3 is 2.84 bits per heavy atom. The van der Waals surface area contributed by atoms with Crippen LogP contribution in [0.1, 0.15) is 16.8 Å². The minimum Gasteiger partial charge on any atom is -0.496 e.